The van der Waals surface area contributed by atoms with E-state index in [4.69, 9.17) is 0 Å². The van der Waals surface area contributed by atoms with Gasteiger partial charge in [0.1, 0.15) is 10.8 Å². The molecule has 0 radical (unpaired) electrons. The predicted molar refractivity (Wildman–Crippen MR) is 73.9 cm³/mol. The highest BCUT2D eigenvalue weighted by Gasteiger charge is 2.33. The number of carbonyl (C=O) groups is 1. The van der Waals surface area contributed by atoms with E-state index in [0.29, 0.717) is 6.42 Å². The first-order valence-corrected chi connectivity index (χ1v) is 7.05. The minimum atomic E-state index is -0.262. The van der Waals surface area contributed by atoms with Crippen LogP contribution in [0.5, 0.6) is 0 Å². The number of benzene rings is 1. The van der Waals surface area contributed by atoms with Crippen LogP contribution in [-0.2, 0) is 6.42 Å². The average Bonchev–Trinajstić information content (AvgIpc) is 2.72. The van der Waals surface area contributed by atoms with E-state index >= 15 is 0 Å². The first kappa shape index (κ1) is 12.5. The molecule has 4 heteroatoms. The summed E-state index contributed by atoms with van der Waals surface area (Å²) in [5.41, 5.74) is 1.75. The van der Waals surface area contributed by atoms with Gasteiger partial charge in [-0.05, 0) is 36.1 Å². The van der Waals surface area contributed by atoms with E-state index in [2.05, 4.69) is 18.8 Å². The molecule has 3 rings (SSSR count). The van der Waals surface area contributed by atoms with E-state index in [0.717, 1.165) is 27.6 Å². The Balaban J connectivity index is 2.03. The summed E-state index contributed by atoms with van der Waals surface area (Å²) < 4.78 is 12.9. The molecule has 0 fully saturated rings. The molecular formula is C15H14FNOS. The second kappa shape index (κ2) is 4.23. The van der Waals surface area contributed by atoms with E-state index in [1.807, 2.05) is 0 Å². The van der Waals surface area contributed by atoms with Crippen molar-refractivity contribution in [1.29, 1.82) is 0 Å². The largest absolute Gasteiger partial charge is 0.293 e. The summed E-state index contributed by atoms with van der Waals surface area (Å²) in [5, 5.41) is 0.802. The van der Waals surface area contributed by atoms with Crippen LogP contribution in [0.2, 0.25) is 0 Å². The fourth-order valence-corrected chi connectivity index (χ4v) is 3.46. The Morgan fingerprint density at radius 1 is 1.21 bits per heavy atom. The maximum absolute atomic E-state index is 12.9. The fraction of sp³-hybridized carbons (Fsp3) is 0.333. The van der Waals surface area contributed by atoms with Crippen LogP contribution in [-0.4, -0.2) is 10.8 Å². The zero-order valence-electron chi connectivity index (χ0n) is 10.9. The average molecular weight is 275 g/mol. The SMILES string of the molecule is CC1(C)CC(=O)c2sc(-c3ccc(F)cc3)nc2C1. The molecule has 0 amide bonds. The zero-order valence-corrected chi connectivity index (χ0v) is 11.7. The normalized spacial score (nSPS) is 17.3. The van der Waals surface area contributed by atoms with Gasteiger partial charge in [-0.15, -0.1) is 11.3 Å². The van der Waals surface area contributed by atoms with Gasteiger partial charge in [-0.3, -0.25) is 4.79 Å². The number of carbonyl (C=O) groups excluding carboxylic acids is 1. The van der Waals surface area contributed by atoms with Crippen molar-refractivity contribution in [2.75, 3.05) is 0 Å². The van der Waals surface area contributed by atoms with Gasteiger partial charge in [0.2, 0.25) is 0 Å². The van der Waals surface area contributed by atoms with Crippen LogP contribution in [0.4, 0.5) is 4.39 Å². The Morgan fingerprint density at radius 3 is 2.58 bits per heavy atom. The number of thiazole rings is 1. The minimum absolute atomic E-state index is 0.0157. The van der Waals surface area contributed by atoms with Crippen molar-refractivity contribution in [3.8, 4) is 10.6 Å². The molecule has 19 heavy (non-hydrogen) atoms. The lowest BCUT2D eigenvalue weighted by Crippen LogP contribution is -2.25. The van der Waals surface area contributed by atoms with Gasteiger partial charge in [0.15, 0.2) is 5.78 Å². The Kier molecular flexibility index (Phi) is 2.78. The van der Waals surface area contributed by atoms with Gasteiger partial charge in [-0.25, -0.2) is 9.37 Å². The van der Waals surface area contributed by atoms with E-state index in [-0.39, 0.29) is 17.0 Å². The maximum atomic E-state index is 12.9. The van der Waals surface area contributed by atoms with Crippen molar-refractivity contribution < 1.29 is 9.18 Å². The summed E-state index contributed by atoms with van der Waals surface area (Å²) in [5.74, 6) is -0.0839. The van der Waals surface area contributed by atoms with Crippen molar-refractivity contribution in [3.05, 3.63) is 40.7 Å². The number of hydrogen-bond acceptors (Lipinski definition) is 3. The standard InChI is InChI=1S/C15H14FNOS/c1-15(2)7-11-13(12(18)8-15)19-14(17-11)9-3-5-10(16)6-4-9/h3-6H,7-8H2,1-2H3. The quantitative estimate of drug-likeness (QED) is 0.784. The maximum Gasteiger partial charge on any atom is 0.175 e. The summed E-state index contributed by atoms with van der Waals surface area (Å²) in [4.78, 5) is 17.5. The molecule has 0 unspecified atom stereocenters. The van der Waals surface area contributed by atoms with Crippen molar-refractivity contribution in [3.63, 3.8) is 0 Å². The molecule has 2 nitrogen and oxygen atoms in total. The van der Waals surface area contributed by atoms with Gasteiger partial charge in [0, 0.05) is 12.0 Å². The molecule has 0 atom stereocenters. The highest BCUT2D eigenvalue weighted by atomic mass is 32.1. The summed E-state index contributed by atoms with van der Waals surface area (Å²) in [6.45, 7) is 4.18. The van der Waals surface area contributed by atoms with Crippen LogP contribution < -0.4 is 0 Å². The number of ketones is 1. The lowest BCUT2D eigenvalue weighted by Gasteiger charge is -2.26. The Labute approximate surface area is 115 Å². The molecule has 0 saturated carbocycles. The van der Waals surface area contributed by atoms with Gasteiger partial charge >= 0.3 is 0 Å². The van der Waals surface area contributed by atoms with Gasteiger partial charge in [-0.1, -0.05) is 13.8 Å². The number of hydrogen-bond donors (Lipinski definition) is 0. The first-order valence-electron chi connectivity index (χ1n) is 6.23. The molecule has 2 aromatic rings. The Morgan fingerprint density at radius 2 is 1.89 bits per heavy atom. The number of fused-ring (bicyclic) bond motifs is 1. The van der Waals surface area contributed by atoms with Gasteiger partial charge in [0.05, 0.1) is 10.6 Å². The topological polar surface area (TPSA) is 30.0 Å². The van der Waals surface area contributed by atoms with Crippen molar-refractivity contribution >= 4 is 17.1 Å². The molecule has 1 heterocycles. The smallest absolute Gasteiger partial charge is 0.175 e. The van der Waals surface area contributed by atoms with Crippen molar-refractivity contribution in [2.24, 2.45) is 5.41 Å². The highest BCUT2D eigenvalue weighted by Crippen LogP contribution is 2.39. The van der Waals surface area contributed by atoms with Crippen LogP contribution in [0.15, 0.2) is 24.3 Å². The lowest BCUT2D eigenvalue weighted by atomic mass is 9.78. The van der Waals surface area contributed by atoms with Crippen LogP contribution in [0.25, 0.3) is 10.6 Å². The van der Waals surface area contributed by atoms with E-state index in [9.17, 15) is 9.18 Å². The lowest BCUT2D eigenvalue weighted by molar-refractivity contribution is 0.0916. The molecule has 0 spiro atoms. The van der Waals surface area contributed by atoms with Crippen molar-refractivity contribution in [2.45, 2.75) is 26.7 Å². The molecule has 0 saturated heterocycles. The Bertz CT molecular complexity index is 643. The van der Waals surface area contributed by atoms with Crippen LogP contribution in [0.3, 0.4) is 0 Å². The van der Waals surface area contributed by atoms with Crippen LogP contribution >= 0.6 is 11.3 Å². The number of aromatic nitrogens is 1. The fourth-order valence-electron chi connectivity index (χ4n) is 2.44. The van der Waals surface area contributed by atoms with Gasteiger partial charge in [0.25, 0.3) is 0 Å². The molecule has 1 aliphatic carbocycles. The minimum Gasteiger partial charge on any atom is -0.293 e. The van der Waals surface area contributed by atoms with Gasteiger partial charge < -0.3 is 0 Å². The second-order valence-electron chi connectivity index (χ2n) is 5.74. The number of nitrogens with zero attached hydrogens (tertiary/aromatic N) is 1. The highest BCUT2D eigenvalue weighted by molar-refractivity contribution is 7.17. The number of Topliss-reactive ketones (excluding diaryl/α,β-unsaturated/α-hetero) is 1. The summed E-state index contributed by atoms with van der Waals surface area (Å²) in [6.07, 6.45) is 1.40. The first-order chi connectivity index (χ1) is 8.94. The zero-order chi connectivity index (χ0) is 13.6. The molecule has 1 aromatic heterocycles. The van der Waals surface area contributed by atoms with E-state index < -0.39 is 0 Å². The molecule has 1 aromatic carbocycles. The van der Waals surface area contributed by atoms with E-state index in [1.54, 1.807) is 12.1 Å². The van der Waals surface area contributed by atoms with Crippen LogP contribution in [0.1, 0.15) is 35.6 Å². The Hall–Kier alpha value is -1.55. The second-order valence-corrected chi connectivity index (χ2v) is 6.74. The number of halogens is 1. The molecule has 0 bridgehead atoms. The molecule has 0 N–H and O–H groups in total. The molecular weight excluding hydrogens is 261 g/mol. The summed E-state index contributed by atoms with van der Waals surface area (Å²) in [7, 11) is 0. The summed E-state index contributed by atoms with van der Waals surface area (Å²) >= 11 is 1.42. The monoisotopic (exact) mass is 275 g/mol. The van der Waals surface area contributed by atoms with Crippen molar-refractivity contribution in [1.82, 2.24) is 4.98 Å². The van der Waals surface area contributed by atoms with Gasteiger partial charge in [-0.2, -0.15) is 0 Å². The van der Waals surface area contributed by atoms with Crippen LogP contribution in [0, 0.1) is 11.2 Å². The molecule has 98 valence electrons. The third-order valence-electron chi connectivity index (χ3n) is 3.33. The van der Waals surface area contributed by atoms with E-state index in [1.165, 1.54) is 23.5 Å². The predicted octanol–water partition coefficient (Wildman–Crippen LogP) is 4.10. The summed E-state index contributed by atoms with van der Waals surface area (Å²) in [6, 6.07) is 6.24. The molecule has 0 aliphatic heterocycles. The third kappa shape index (κ3) is 2.32. The third-order valence-corrected chi connectivity index (χ3v) is 4.51. The number of rotatable bonds is 1. The molecule has 1 aliphatic rings.